The lowest BCUT2D eigenvalue weighted by Crippen LogP contribution is -2.50. The van der Waals surface area contributed by atoms with E-state index < -0.39 is 15.6 Å². The Hall–Kier alpha value is -2.56. The molecular formula is C28H38N4O5S. The molecule has 1 saturated carbocycles. The van der Waals surface area contributed by atoms with Crippen LogP contribution in [-0.2, 0) is 19.7 Å². The van der Waals surface area contributed by atoms with Crippen LogP contribution in [0.2, 0.25) is 0 Å². The molecule has 4 aliphatic rings. The first-order valence-corrected chi connectivity index (χ1v) is 15.2. The van der Waals surface area contributed by atoms with Crippen LogP contribution in [0, 0.1) is 25.7 Å². The van der Waals surface area contributed by atoms with Gasteiger partial charge in [-0.3, -0.25) is 19.4 Å². The van der Waals surface area contributed by atoms with Crippen LogP contribution in [0.3, 0.4) is 0 Å². The molecule has 3 fully saturated rings. The van der Waals surface area contributed by atoms with Crippen molar-refractivity contribution in [3.05, 3.63) is 39.8 Å². The molecule has 5 rings (SSSR count). The summed E-state index contributed by atoms with van der Waals surface area (Å²) in [6.45, 7) is 7.61. The van der Waals surface area contributed by atoms with Crippen LogP contribution in [0.1, 0.15) is 78.9 Å². The highest BCUT2D eigenvalue weighted by Crippen LogP contribution is 2.36. The molecule has 1 aromatic carbocycles. The van der Waals surface area contributed by atoms with E-state index in [4.69, 9.17) is 9.83 Å². The largest absolute Gasteiger partial charge is 0.312 e. The normalized spacial score (nSPS) is 26.2. The summed E-state index contributed by atoms with van der Waals surface area (Å²) in [6.07, 6.45) is 7.57. The van der Waals surface area contributed by atoms with E-state index in [1.54, 1.807) is 18.2 Å². The second-order valence-corrected chi connectivity index (χ2v) is 13.1. The summed E-state index contributed by atoms with van der Waals surface area (Å²) in [5.41, 5.74) is 2.09. The number of amidine groups is 1. The maximum atomic E-state index is 13.2. The number of carbonyl (C=O) groups is 2. The van der Waals surface area contributed by atoms with Crippen molar-refractivity contribution < 1.29 is 22.8 Å². The van der Waals surface area contributed by atoms with Crippen molar-refractivity contribution in [1.82, 2.24) is 14.7 Å². The zero-order chi connectivity index (χ0) is 27.1. The molecule has 0 bridgehead atoms. The van der Waals surface area contributed by atoms with E-state index in [2.05, 4.69) is 12.2 Å². The molecule has 0 aromatic heterocycles. The molecule has 3 heterocycles. The van der Waals surface area contributed by atoms with Crippen LogP contribution in [0.25, 0.3) is 6.08 Å². The minimum absolute atomic E-state index is 0.0843. The molecule has 206 valence electrons. The highest BCUT2D eigenvalue weighted by molar-refractivity contribution is 7.92. The topological polar surface area (TPSA) is 108 Å². The van der Waals surface area contributed by atoms with E-state index in [0.29, 0.717) is 37.5 Å². The fourth-order valence-electron chi connectivity index (χ4n) is 6.07. The van der Waals surface area contributed by atoms with Crippen molar-refractivity contribution in [3.63, 3.8) is 0 Å². The molecule has 2 saturated heterocycles. The summed E-state index contributed by atoms with van der Waals surface area (Å²) in [4.78, 5) is 35.9. The molecule has 1 N–H and O–H groups in total. The molecule has 9 nitrogen and oxygen atoms in total. The number of piperidine rings is 1. The predicted molar refractivity (Wildman–Crippen MR) is 146 cm³/mol. The summed E-state index contributed by atoms with van der Waals surface area (Å²) >= 11 is 0. The molecular weight excluding hydrogens is 504 g/mol. The number of rotatable bonds is 5. The van der Waals surface area contributed by atoms with Gasteiger partial charge in [0.1, 0.15) is 11.4 Å². The van der Waals surface area contributed by atoms with Crippen molar-refractivity contribution in [1.29, 1.82) is 0 Å². The lowest BCUT2D eigenvalue weighted by atomic mass is 9.82. The van der Waals surface area contributed by atoms with E-state index in [9.17, 15) is 18.0 Å². The third-order valence-corrected chi connectivity index (χ3v) is 10.1. The summed E-state index contributed by atoms with van der Waals surface area (Å²) in [6, 6.07) is 3.55. The van der Waals surface area contributed by atoms with Crippen molar-refractivity contribution in [2.24, 2.45) is 16.8 Å². The number of aryl methyl sites for hydroxylation is 2. The fourth-order valence-corrected chi connectivity index (χ4v) is 7.24. The standard InChI is InChI=1S/C28H38N4O5S/c1-19-5-7-22(8-6-19)25-29-27(34)28(30-25)10-13-31(14-11-28)38(35,36)16-9-24-20(2)17-23(18-21(24)3)26(33)32-12-4-15-37-32/h9,16-19,22H,4-8,10-15H2,1-3H3,(H,29,30,34)/b16-9+. The van der Waals surface area contributed by atoms with Gasteiger partial charge < -0.3 is 5.32 Å². The highest BCUT2D eigenvalue weighted by atomic mass is 32.2. The quantitative estimate of drug-likeness (QED) is 0.612. The van der Waals surface area contributed by atoms with Crippen LogP contribution < -0.4 is 5.32 Å². The lowest BCUT2D eigenvalue weighted by molar-refractivity contribution is -0.125. The van der Waals surface area contributed by atoms with E-state index in [1.165, 1.54) is 14.8 Å². The van der Waals surface area contributed by atoms with Gasteiger partial charge in [-0.15, -0.1) is 0 Å². The minimum Gasteiger partial charge on any atom is -0.312 e. The molecule has 1 aliphatic carbocycles. The lowest BCUT2D eigenvalue weighted by Gasteiger charge is -2.34. The predicted octanol–water partition coefficient (Wildman–Crippen LogP) is 3.57. The summed E-state index contributed by atoms with van der Waals surface area (Å²) < 4.78 is 27.8. The molecule has 0 unspecified atom stereocenters. The number of nitrogens with zero attached hydrogens (tertiary/aromatic N) is 3. The Morgan fingerprint density at radius 2 is 1.76 bits per heavy atom. The molecule has 1 spiro atoms. The molecule has 10 heteroatoms. The Morgan fingerprint density at radius 1 is 1.11 bits per heavy atom. The van der Waals surface area contributed by atoms with Gasteiger partial charge in [-0.2, -0.15) is 4.31 Å². The molecule has 1 aromatic rings. The second kappa shape index (κ2) is 10.5. The Labute approximate surface area is 225 Å². The molecule has 3 aliphatic heterocycles. The number of hydrogen-bond donors (Lipinski definition) is 1. The monoisotopic (exact) mass is 542 g/mol. The number of hydroxylamine groups is 2. The highest BCUT2D eigenvalue weighted by Gasteiger charge is 2.48. The van der Waals surface area contributed by atoms with Crippen molar-refractivity contribution in [3.8, 4) is 0 Å². The number of nitrogens with one attached hydrogen (secondary N) is 1. The smallest absolute Gasteiger partial charge is 0.277 e. The van der Waals surface area contributed by atoms with Gasteiger partial charge >= 0.3 is 0 Å². The number of amides is 2. The third kappa shape index (κ3) is 5.31. The number of hydrogen-bond acceptors (Lipinski definition) is 6. The Kier molecular flexibility index (Phi) is 7.50. The van der Waals surface area contributed by atoms with E-state index in [-0.39, 0.29) is 24.9 Å². The SMILES string of the molecule is Cc1cc(C(=O)N2CCCO2)cc(C)c1/C=C/S(=O)(=O)N1CCC2(CC1)N=C(C1CCC(C)CC1)NC2=O. The van der Waals surface area contributed by atoms with Gasteiger partial charge in [0, 0.05) is 30.0 Å². The Balaban J connectivity index is 1.25. The summed E-state index contributed by atoms with van der Waals surface area (Å²) in [5, 5.41) is 5.65. The fraction of sp³-hybridized carbons (Fsp3) is 0.607. The van der Waals surface area contributed by atoms with Gasteiger partial charge in [0.25, 0.3) is 11.8 Å². The van der Waals surface area contributed by atoms with Crippen LogP contribution in [0.5, 0.6) is 0 Å². The minimum atomic E-state index is -3.68. The number of aliphatic imine (C=N–C) groups is 1. The zero-order valence-corrected chi connectivity index (χ0v) is 23.3. The van der Waals surface area contributed by atoms with Crippen molar-refractivity contribution in [2.45, 2.75) is 71.3 Å². The number of carbonyl (C=O) groups excluding carboxylic acids is 2. The third-order valence-electron chi connectivity index (χ3n) is 8.54. The van der Waals surface area contributed by atoms with Crippen molar-refractivity contribution in [2.75, 3.05) is 26.2 Å². The maximum Gasteiger partial charge on any atom is 0.277 e. The van der Waals surface area contributed by atoms with Gasteiger partial charge in [-0.05, 0) is 86.8 Å². The molecule has 0 radical (unpaired) electrons. The van der Waals surface area contributed by atoms with E-state index in [1.807, 2.05) is 13.8 Å². The van der Waals surface area contributed by atoms with E-state index in [0.717, 1.165) is 60.5 Å². The van der Waals surface area contributed by atoms with Gasteiger partial charge in [-0.1, -0.05) is 19.8 Å². The first kappa shape index (κ1) is 27.0. The van der Waals surface area contributed by atoms with Crippen LogP contribution in [-0.4, -0.2) is 67.2 Å². The van der Waals surface area contributed by atoms with Crippen LogP contribution >= 0.6 is 0 Å². The van der Waals surface area contributed by atoms with Gasteiger partial charge in [-0.25, -0.2) is 13.5 Å². The first-order valence-electron chi connectivity index (χ1n) is 13.7. The van der Waals surface area contributed by atoms with Gasteiger partial charge in [0.2, 0.25) is 10.0 Å². The number of sulfonamides is 1. The average molecular weight is 543 g/mol. The molecule has 38 heavy (non-hydrogen) atoms. The van der Waals surface area contributed by atoms with E-state index >= 15 is 0 Å². The average Bonchev–Trinajstić information content (AvgIpc) is 3.53. The van der Waals surface area contributed by atoms with Crippen LogP contribution in [0.15, 0.2) is 22.5 Å². The number of benzene rings is 1. The Bertz CT molecular complexity index is 1240. The zero-order valence-electron chi connectivity index (χ0n) is 22.5. The maximum absolute atomic E-state index is 13.2. The first-order chi connectivity index (χ1) is 18.1. The van der Waals surface area contributed by atoms with Gasteiger partial charge in [0.15, 0.2) is 0 Å². The molecule has 0 atom stereocenters. The summed E-state index contributed by atoms with van der Waals surface area (Å²) in [7, 11) is -3.68. The Morgan fingerprint density at radius 3 is 2.37 bits per heavy atom. The van der Waals surface area contributed by atoms with Crippen molar-refractivity contribution >= 4 is 33.7 Å². The van der Waals surface area contributed by atoms with Gasteiger partial charge in [0.05, 0.1) is 13.2 Å². The molecule has 2 amide bonds. The second-order valence-electron chi connectivity index (χ2n) is 11.3. The summed E-state index contributed by atoms with van der Waals surface area (Å²) in [5.74, 6) is 1.56. The van der Waals surface area contributed by atoms with Crippen LogP contribution in [0.4, 0.5) is 0 Å².